The normalized spacial score (nSPS) is 16.2. The van der Waals surface area contributed by atoms with Gasteiger partial charge in [-0.3, -0.25) is 0 Å². The second-order valence-electron chi connectivity index (χ2n) is 5.29. The summed E-state index contributed by atoms with van der Waals surface area (Å²) in [7, 11) is 0. The Bertz CT molecular complexity index is 611. The highest BCUT2D eigenvalue weighted by atomic mass is 32.2. The molecule has 0 unspecified atom stereocenters. The number of nitrogens with two attached hydrogens (primary N) is 1. The lowest BCUT2D eigenvalue weighted by atomic mass is 10.0. The molecule has 1 aromatic heterocycles. The lowest BCUT2D eigenvalue weighted by Gasteiger charge is -2.19. The van der Waals surface area contributed by atoms with Gasteiger partial charge in [-0.15, -0.1) is 0 Å². The lowest BCUT2D eigenvalue weighted by molar-refractivity contribution is 0.425. The largest absolute Gasteiger partial charge is 0.396 e. The first kappa shape index (κ1) is 14.4. The van der Waals surface area contributed by atoms with E-state index in [2.05, 4.69) is 10.1 Å². The van der Waals surface area contributed by atoms with Crippen LogP contribution >= 0.6 is 11.8 Å². The number of para-hydroxylation sites is 1. The van der Waals surface area contributed by atoms with Crippen LogP contribution in [0.1, 0.15) is 37.9 Å². The molecule has 4 nitrogen and oxygen atoms in total. The third-order valence-corrected chi connectivity index (χ3v) is 5.12. The van der Waals surface area contributed by atoms with Gasteiger partial charge in [0.25, 0.3) is 5.89 Å². The fourth-order valence-electron chi connectivity index (χ4n) is 2.57. The molecule has 1 heterocycles. The Morgan fingerprint density at radius 1 is 1.29 bits per heavy atom. The molecular formula is C15H18FN3OS. The molecule has 0 atom stereocenters. The van der Waals surface area contributed by atoms with Crippen LogP contribution in [-0.4, -0.2) is 15.4 Å². The van der Waals surface area contributed by atoms with Gasteiger partial charge in [-0.1, -0.05) is 30.5 Å². The van der Waals surface area contributed by atoms with Crippen molar-refractivity contribution in [2.75, 3.05) is 5.73 Å². The zero-order valence-electron chi connectivity index (χ0n) is 11.7. The SMILES string of the molecule is Nc1c(F)cccc1-c1nc(CSC2CCCCC2)no1. The summed E-state index contributed by atoms with van der Waals surface area (Å²) in [5.41, 5.74) is 6.21. The van der Waals surface area contributed by atoms with E-state index in [0.717, 1.165) is 5.75 Å². The third-order valence-electron chi connectivity index (χ3n) is 3.75. The van der Waals surface area contributed by atoms with Crippen molar-refractivity contribution in [1.82, 2.24) is 10.1 Å². The quantitative estimate of drug-likeness (QED) is 0.864. The van der Waals surface area contributed by atoms with Gasteiger partial charge in [0.15, 0.2) is 5.82 Å². The smallest absolute Gasteiger partial charge is 0.260 e. The van der Waals surface area contributed by atoms with Gasteiger partial charge in [-0.25, -0.2) is 4.39 Å². The molecule has 0 spiro atoms. The Hall–Kier alpha value is -1.56. The maximum Gasteiger partial charge on any atom is 0.260 e. The Morgan fingerprint density at radius 2 is 2.10 bits per heavy atom. The maximum absolute atomic E-state index is 13.4. The molecule has 2 aromatic rings. The van der Waals surface area contributed by atoms with Gasteiger partial charge < -0.3 is 10.3 Å². The number of thioether (sulfide) groups is 1. The van der Waals surface area contributed by atoms with Crippen molar-refractivity contribution < 1.29 is 8.91 Å². The van der Waals surface area contributed by atoms with E-state index in [4.69, 9.17) is 10.3 Å². The van der Waals surface area contributed by atoms with Gasteiger partial charge in [0.1, 0.15) is 5.82 Å². The molecule has 3 rings (SSSR count). The van der Waals surface area contributed by atoms with Crippen LogP contribution in [0.25, 0.3) is 11.5 Å². The Balaban J connectivity index is 1.67. The first-order valence-electron chi connectivity index (χ1n) is 7.22. The summed E-state index contributed by atoms with van der Waals surface area (Å²) in [5.74, 6) is 1.18. The summed E-state index contributed by atoms with van der Waals surface area (Å²) < 4.78 is 18.6. The first-order valence-corrected chi connectivity index (χ1v) is 8.27. The predicted molar refractivity (Wildman–Crippen MR) is 82.3 cm³/mol. The van der Waals surface area contributed by atoms with Crippen molar-refractivity contribution in [2.45, 2.75) is 43.1 Å². The number of hydrogen-bond donors (Lipinski definition) is 1. The van der Waals surface area contributed by atoms with Crippen molar-refractivity contribution in [1.29, 1.82) is 0 Å². The molecule has 1 fully saturated rings. The van der Waals surface area contributed by atoms with E-state index in [1.54, 1.807) is 12.1 Å². The van der Waals surface area contributed by atoms with Crippen molar-refractivity contribution in [2.24, 2.45) is 0 Å². The van der Waals surface area contributed by atoms with Gasteiger partial charge in [-0.2, -0.15) is 16.7 Å². The van der Waals surface area contributed by atoms with E-state index in [1.807, 2.05) is 11.8 Å². The fraction of sp³-hybridized carbons (Fsp3) is 0.467. The third kappa shape index (κ3) is 3.37. The van der Waals surface area contributed by atoms with Gasteiger partial charge in [0.05, 0.1) is 17.0 Å². The molecule has 0 amide bonds. The molecule has 1 aromatic carbocycles. The summed E-state index contributed by atoms with van der Waals surface area (Å²) in [6.45, 7) is 0. The Labute approximate surface area is 127 Å². The summed E-state index contributed by atoms with van der Waals surface area (Å²) >= 11 is 1.88. The van der Waals surface area contributed by atoms with Crippen molar-refractivity contribution in [3.63, 3.8) is 0 Å². The summed E-state index contributed by atoms with van der Waals surface area (Å²) in [5, 5.41) is 4.66. The number of aromatic nitrogens is 2. The van der Waals surface area contributed by atoms with Gasteiger partial charge in [-0.05, 0) is 25.0 Å². The van der Waals surface area contributed by atoms with Crippen LogP contribution in [-0.2, 0) is 5.75 Å². The monoisotopic (exact) mass is 307 g/mol. The van der Waals surface area contributed by atoms with Crippen LogP contribution < -0.4 is 5.73 Å². The summed E-state index contributed by atoms with van der Waals surface area (Å²) in [6.07, 6.45) is 6.52. The topological polar surface area (TPSA) is 64.9 Å². The molecule has 6 heteroatoms. The van der Waals surface area contributed by atoms with Crippen molar-refractivity contribution in [3.8, 4) is 11.5 Å². The molecule has 0 saturated heterocycles. The minimum atomic E-state index is -0.469. The van der Waals surface area contributed by atoms with Gasteiger partial charge >= 0.3 is 0 Å². The second-order valence-corrected chi connectivity index (χ2v) is 6.58. The Kier molecular flexibility index (Phi) is 4.43. The van der Waals surface area contributed by atoms with E-state index < -0.39 is 5.82 Å². The van der Waals surface area contributed by atoms with Gasteiger partial charge in [0, 0.05) is 5.25 Å². The highest BCUT2D eigenvalue weighted by Crippen LogP contribution is 2.31. The molecule has 21 heavy (non-hydrogen) atoms. The highest BCUT2D eigenvalue weighted by molar-refractivity contribution is 7.99. The van der Waals surface area contributed by atoms with Crippen LogP contribution in [0.3, 0.4) is 0 Å². The molecule has 1 aliphatic rings. The molecule has 1 aliphatic carbocycles. The molecule has 0 radical (unpaired) electrons. The molecule has 2 N–H and O–H groups in total. The van der Waals surface area contributed by atoms with E-state index in [-0.39, 0.29) is 11.6 Å². The zero-order chi connectivity index (χ0) is 14.7. The number of anilines is 1. The van der Waals surface area contributed by atoms with Crippen LogP contribution in [0.5, 0.6) is 0 Å². The van der Waals surface area contributed by atoms with Crippen LogP contribution in [0, 0.1) is 5.82 Å². The minimum Gasteiger partial charge on any atom is -0.396 e. The standard InChI is InChI=1S/C15H18FN3OS/c16-12-8-4-7-11(14(12)17)15-18-13(19-20-15)9-21-10-5-2-1-3-6-10/h4,7-8,10H,1-3,5-6,9,17H2. The fourth-order valence-corrected chi connectivity index (χ4v) is 3.74. The second kappa shape index (κ2) is 6.47. The minimum absolute atomic E-state index is 0.0487. The van der Waals surface area contributed by atoms with Crippen molar-refractivity contribution in [3.05, 3.63) is 29.8 Å². The number of hydrogen-bond acceptors (Lipinski definition) is 5. The molecule has 0 aliphatic heterocycles. The average Bonchev–Trinajstić information content (AvgIpc) is 2.98. The van der Waals surface area contributed by atoms with E-state index in [9.17, 15) is 4.39 Å². The number of benzene rings is 1. The van der Waals surface area contributed by atoms with Crippen LogP contribution in [0.15, 0.2) is 22.7 Å². The summed E-state index contributed by atoms with van der Waals surface area (Å²) in [4.78, 5) is 4.32. The first-order chi connectivity index (χ1) is 10.2. The van der Waals surface area contributed by atoms with Crippen LogP contribution in [0.2, 0.25) is 0 Å². The molecule has 112 valence electrons. The number of halogens is 1. The lowest BCUT2D eigenvalue weighted by Crippen LogP contribution is -2.08. The van der Waals surface area contributed by atoms with Crippen molar-refractivity contribution >= 4 is 17.4 Å². The molecule has 0 bridgehead atoms. The predicted octanol–water partition coefficient (Wildman–Crippen LogP) is 4.02. The maximum atomic E-state index is 13.4. The Morgan fingerprint density at radius 3 is 2.90 bits per heavy atom. The van der Waals surface area contributed by atoms with Crippen LogP contribution in [0.4, 0.5) is 10.1 Å². The highest BCUT2D eigenvalue weighted by Gasteiger charge is 2.17. The van der Waals surface area contributed by atoms with E-state index >= 15 is 0 Å². The zero-order valence-corrected chi connectivity index (χ0v) is 12.5. The average molecular weight is 307 g/mol. The number of nitrogens with zero attached hydrogens (tertiary/aromatic N) is 2. The van der Waals surface area contributed by atoms with E-state index in [0.29, 0.717) is 16.6 Å². The number of rotatable bonds is 4. The molecule has 1 saturated carbocycles. The molecular weight excluding hydrogens is 289 g/mol. The summed E-state index contributed by atoms with van der Waals surface area (Å²) in [6, 6.07) is 4.58. The number of nitrogen functional groups attached to an aromatic ring is 1. The van der Waals surface area contributed by atoms with E-state index in [1.165, 1.54) is 38.2 Å². The van der Waals surface area contributed by atoms with Gasteiger partial charge in [0.2, 0.25) is 0 Å².